The molecule has 7 nitrogen and oxygen atoms in total. The van der Waals surface area contributed by atoms with Gasteiger partial charge in [-0.15, -0.1) is 0 Å². The molecule has 0 saturated heterocycles. The molecule has 0 heterocycles. The number of carbonyl (C=O) groups excluding carboxylic acids is 2. The van der Waals surface area contributed by atoms with Crippen molar-refractivity contribution in [3.05, 3.63) is 83.9 Å². The second kappa shape index (κ2) is 10.8. The van der Waals surface area contributed by atoms with Gasteiger partial charge in [0.15, 0.2) is 0 Å². The molecule has 1 N–H and O–H groups in total. The van der Waals surface area contributed by atoms with Crippen LogP contribution in [0.15, 0.2) is 72.8 Å². The van der Waals surface area contributed by atoms with Gasteiger partial charge < -0.3 is 14.8 Å². The molecule has 168 valence electrons. The van der Waals surface area contributed by atoms with Crippen LogP contribution in [-0.4, -0.2) is 32.1 Å². The summed E-state index contributed by atoms with van der Waals surface area (Å²) < 4.78 is 10.5. The molecule has 0 radical (unpaired) electrons. The van der Waals surface area contributed by atoms with E-state index in [0.717, 1.165) is 0 Å². The molecule has 2 amide bonds. The fourth-order valence-electron chi connectivity index (χ4n) is 3.49. The number of methoxy groups -OCH3 is 2. The highest BCUT2D eigenvalue weighted by atomic mass is 16.5. The van der Waals surface area contributed by atoms with E-state index in [9.17, 15) is 14.9 Å². The topological polar surface area (TPSA) is 91.7 Å². The summed E-state index contributed by atoms with van der Waals surface area (Å²) in [6, 6.07) is 22.4. The highest BCUT2D eigenvalue weighted by Crippen LogP contribution is 2.30. The second-order valence-electron chi connectivity index (χ2n) is 7.30. The molecule has 0 spiro atoms. The first-order chi connectivity index (χ1) is 16.0. The number of amides is 2. The molecule has 3 aromatic carbocycles. The first-order valence-electron chi connectivity index (χ1n) is 10.3. The van der Waals surface area contributed by atoms with Crippen molar-refractivity contribution in [3.8, 4) is 17.6 Å². The zero-order valence-electron chi connectivity index (χ0n) is 18.7. The van der Waals surface area contributed by atoms with Gasteiger partial charge in [-0.05, 0) is 60.2 Å². The molecule has 3 aromatic rings. The molecule has 0 fully saturated rings. The van der Waals surface area contributed by atoms with Crippen LogP contribution in [0, 0.1) is 11.3 Å². The van der Waals surface area contributed by atoms with Gasteiger partial charge in [0.2, 0.25) is 5.91 Å². The Kier molecular flexibility index (Phi) is 7.66. The van der Waals surface area contributed by atoms with Crippen molar-refractivity contribution in [2.24, 2.45) is 0 Å². The maximum Gasteiger partial charge on any atom is 0.254 e. The van der Waals surface area contributed by atoms with Crippen LogP contribution in [-0.2, 0) is 16.0 Å². The third-order valence-electron chi connectivity index (χ3n) is 5.12. The van der Waals surface area contributed by atoms with E-state index < -0.39 is 6.04 Å². The Hall–Kier alpha value is -4.31. The molecule has 0 bridgehead atoms. The number of nitrogens with one attached hydrogen (secondary N) is 1. The molecule has 1 atom stereocenters. The smallest absolute Gasteiger partial charge is 0.254 e. The van der Waals surface area contributed by atoms with Gasteiger partial charge >= 0.3 is 0 Å². The van der Waals surface area contributed by atoms with Gasteiger partial charge in [0.1, 0.15) is 17.5 Å². The fraction of sp³-hybridized carbons (Fsp3) is 0.192. The summed E-state index contributed by atoms with van der Waals surface area (Å²) in [5.41, 5.74) is 2.35. The van der Waals surface area contributed by atoms with Crippen molar-refractivity contribution in [1.29, 1.82) is 5.26 Å². The number of benzene rings is 3. The normalized spacial score (nSPS) is 11.1. The summed E-state index contributed by atoms with van der Waals surface area (Å²) in [4.78, 5) is 27.4. The predicted octanol–water partition coefficient (Wildman–Crippen LogP) is 3.99. The van der Waals surface area contributed by atoms with Crippen molar-refractivity contribution in [2.45, 2.75) is 19.4 Å². The molecular weight excluding hydrogens is 418 g/mol. The van der Waals surface area contributed by atoms with Gasteiger partial charge in [-0.25, -0.2) is 0 Å². The summed E-state index contributed by atoms with van der Waals surface area (Å²) in [6.07, 6.45) is 0.172. The fourth-order valence-corrected chi connectivity index (χ4v) is 3.49. The number of carbonyl (C=O) groups is 2. The van der Waals surface area contributed by atoms with Crippen LogP contribution < -0.4 is 19.7 Å². The van der Waals surface area contributed by atoms with Crippen LogP contribution in [0.25, 0.3) is 0 Å². The number of hydrogen-bond donors (Lipinski definition) is 1. The Morgan fingerprint density at radius 2 is 1.42 bits per heavy atom. The first-order valence-corrected chi connectivity index (χ1v) is 10.3. The SMILES string of the molecule is COc1ccc(N(C(=O)[C@H](Cc2ccccc2C#N)NC(C)=O)c2ccc(OC)cc2)cc1. The molecule has 0 aliphatic rings. The van der Waals surface area contributed by atoms with Crippen molar-refractivity contribution in [1.82, 2.24) is 5.32 Å². The lowest BCUT2D eigenvalue weighted by atomic mass is 9.99. The minimum absolute atomic E-state index is 0.172. The van der Waals surface area contributed by atoms with Gasteiger partial charge in [-0.3, -0.25) is 14.5 Å². The Bertz CT molecular complexity index is 1100. The Balaban J connectivity index is 2.05. The molecular formula is C26H25N3O4. The lowest BCUT2D eigenvalue weighted by Crippen LogP contribution is -2.48. The van der Waals surface area contributed by atoms with Crippen LogP contribution in [0.1, 0.15) is 18.1 Å². The van der Waals surface area contributed by atoms with Crippen LogP contribution in [0.5, 0.6) is 11.5 Å². The van der Waals surface area contributed by atoms with E-state index in [1.165, 1.54) is 11.8 Å². The third-order valence-corrected chi connectivity index (χ3v) is 5.12. The first kappa shape index (κ1) is 23.4. The van der Waals surface area contributed by atoms with Crippen molar-refractivity contribution >= 4 is 23.2 Å². The van der Waals surface area contributed by atoms with Crippen molar-refractivity contribution in [2.75, 3.05) is 19.1 Å². The number of nitriles is 1. The average Bonchev–Trinajstić information content (AvgIpc) is 2.84. The predicted molar refractivity (Wildman–Crippen MR) is 126 cm³/mol. The lowest BCUT2D eigenvalue weighted by molar-refractivity contribution is -0.126. The number of anilines is 2. The minimum Gasteiger partial charge on any atom is -0.497 e. The van der Waals surface area contributed by atoms with E-state index in [1.54, 1.807) is 87.0 Å². The highest BCUT2D eigenvalue weighted by Gasteiger charge is 2.28. The Morgan fingerprint density at radius 3 is 1.88 bits per heavy atom. The molecule has 3 rings (SSSR count). The van der Waals surface area contributed by atoms with E-state index in [1.807, 2.05) is 0 Å². The summed E-state index contributed by atoms with van der Waals surface area (Å²) in [7, 11) is 3.14. The quantitative estimate of drug-likeness (QED) is 0.568. The number of hydrogen-bond acceptors (Lipinski definition) is 5. The molecule has 7 heteroatoms. The molecule has 0 aliphatic carbocycles. The van der Waals surface area contributed by atoms with E-state index in [4.69, 9.17) is 9.47 Å². The molecule has 0 aromatic heterocycles. The van der Waals surface area contributed by atoms with Gasteiger partial charge in [-0.2, -0.15) is 5.26 Å². The van der Waals surface area contributed by atoms with Crippen LogP contribution in [0.4, 0.5) is 11.4 Å². The maximum atomic E-state index is 13.9. The van der Waals surface area contributed by atoms with E-state index >= 15 is 0 Å². The highest BCUT2D eigenvalue weighted by molar-refractivity contribution is 6.05. The maximum absolute atomic E-state index is 13.9. The van der Waals surface area contributed by atoms with Gasteiger partial charge in [0.25, 0.3) is 5.91 Å². The number of rotatable bonds is 8. The Morgan fingerprint density at radius 1 is 0.909 bits per heavy atom. The van der Waals surface area contributed by atoms with Crippen LogP contribution in [0.2, 0.25) is 0 Å². The summed E-state index contributed by atoms with van der Waals surface area (Å²) in [5, 5.41) is 12.2. The van der Waals surface area contributed by atoms with Crippen molar-refractivity contribution < 1.29 is 19.1 Å². The van der Waals surface area contributed by atoms with Crippen molar-refractivity contribution in [3.63, 3.8) is 0 Å². The minimum atomic E-state index is -0.888. The molecule has 0 aliphatic heterocycles. The number of ether oxygens (including phenoxy) is 2. The molecule has 0 saturated carbocycles. The van der Waals surface area contributed by atoms with E-state index in [0.29, 0.717) is 34.0 Å². The average molecular weight is 444 g/mol. The number of nitrogens with zero attached hydrogens (tertiary/aromatic N) is 2. The van der Waals surface area contributed by atoms with E-state index in [-0.39, 0.29) is 18.2 Å². The monoisotopic (exact) mass is 443 g/mol. The lowest BCUT2D eigenvalue weighted by Gasteiger charge is -2.28. The zero-order valence-corrected chi connectivity index (χ0v) is 18.7. The van der Waals surface area contributed by atoms with Gasteiger partial charge in [0.05, 0.1) is 25.9 Å². The van der Waals surface area contributed by atoms with E-state index in [2.05, 4.69) is 11.4 Å². The van der Waals surface area contributed by atoms with Gasteiger partial charge in [0, 0.05) is 24.7 Å². The Labute approximate surface area is 193 Å². The van der Waals surface area contributed by atoms with Gasteiger partial charge in [-0.1, -0.05) is 18.2 Å². The largest absolute Gasteiger partial charge is 0.497 e. The summed E-state index contributed by atoms with van der Waals surface area (Å²) in [5.74, 6) is 0.630. The second-order valence-corrected chi connectivity index (χ2v) is 7.30. The van der Waals surface area contributed by atoms with Crippen LogP contribution >= 0.6 is 0 Å². The molecule has 33 heavy (non-hydrogen) atoms. The molecule has 0 unspecified atom stereocenters. The summed E-state index contributed by atoms with van der Waals surface area (Å²) >= 11 is 0. The van der Waals surface area contributed by atoms with Crippen LogP contribution in [0.3, 0.4) is 0 Å². The zero-order chi connectivity index (χ0) is 23.8. The standard InChI is InChI=1S/C26H25N3O4/c1-18(30)28-25(16-19-6-4-5-7-20(19)17-27)26(31)29(21-8-12-23(32-2)13-9-21)22-10-14-24(33-3)15-11-22/h4-15,25H,16H2,1-3H3,(H,28,30)/t25-/m0/s1. The third kappa shape index (κ3) is 5.69. The summed E-state index contributed by atoms with van der Waals surface area (Å²) in [6.45, 7) is 1.36.